The molecular formula is C21H16FN3O2S. The Morgan fingerprint density at radius 1 is 0.929 bits per heavy atom. The standard InChI is InChI=1S/C21H16FN3O2S/c22-14-4-2-13(3-5-14)19-11-16-20(28-19)21(24-12-23-16)25-15-6-7-17-18(10-15)27-9-1-8-26-17/h2-7,10-12H,1,8-9H2,(H,23,24,25). The maximum atomic E-state index is 13.2. The van der Waals surface area contributed by atoms with Gasteiger partial charge in [-0.1, -0.05) is 12.1 Å². The highest BCUT2D eigenvalue weighted by atomic mass is 32.1. The molecule has 5 rings (SSSR count). The molecule has 28 heavy (non-hydrogen) atoms. The number of ether oxygens (including phenoxy) is 2. The van der Waals surface area contributed by atoms with Crippen molar-refractivity contribution in [1.29, 1.82) is 0 Å². The van der Waals surface area contributed by atoms with Crippen LogP contribution in [0.5, 0.6) is 11.5 Å². The third-order valence-corrected chi connectivity index (χ3v) is 5.63. The Bertz CT molecular complexity index is 1140. The summed E-state index contributed by atoms with van der Waals surface area (Å²) < 4.78 is 25.6. The molecule has 0 spiro atoms. The van der Waals surface area contributed by atoms with E-state index in [0.29, 0.717) is 13.2 Å². The molecule has 7 heteroatoms. The molecule has 0 saturated carbocycles. The third kappa shape index (κ3) is 3.25. The summed E-state index contributed by atoms with van der Waals surface area (Å²) in [6, 6.07) is 14.2. The van der Waals surface area contributed by atoms with Crippen molar-refractivity contribution < 1.29 is 13.9 Å². The van der Waals surface area contributed by atoms with Gasteiger partial charge in [-0.2, -0.15) is 0 Å². The molecule has 5 nitrogen and oxygen atoms in total. The topological polar surface area (TPSA) is 56.3 Å². The van der Waals surface area contributed by atoms with Crippen LogP contribution in [0.3, 0.4) is 0 Å². The summed E-state index contributed by atoms with van der Waals surface area (Å²) in [5, 5.41) is 3.36. The highest BCUT2D eigenvalue weighted by Crippen LogP contribution is 2.38. The molecule has 0 unspecified atom stereocenters. The number of benzene rings is 2. The molecule has 0 bridgehead atoms. The Hall–Kier alpha value is -3.19. The molecule has 1 N–H and O–H groups in total. The summed E-state index contributed by atoms with van der Waals surface area (Å²) in [5.74, 6) is 1.95. The summed E-state index contributed by atoms with van der Waals surface area (Å²) >= 11 is 1.57. The molecule has 1 aliphatic rings. The number of anilines is 2. The normalized spacial score (nSPS) is 13.3. The number of hydrogen-bond donors (Lipinski definition) is 1. The lowest BCUT2D eigenvalue weighted by molar-refractivity contribution is 0.297. The van der Waals surface area contributed by atoms with Gasteiger partial charge >= 0.3 is 0 Å². The first-order chi connectivity index (χ1) is 13.8. The van der Waals surface area contributed by atoms with Crippen LogP contribution in [0.4, 0.5) is 15.9 Å². The Morgan fingerprint density at radius 3 is 2.61 bits per heavy atom. The fourth-order valence-electron chi connectivity index (χ4n) is 3.08. The van der Waals surface area contributed by atoms with E-state index in [9.17, 15) is 4.39 Å². The van der Waals surface area contributed by atoms with E-state index in [1.807, 2.05) is 24.3 Å². The van der Waals surface area contributed by atoms with E-state index in [0.717, 1.165) is 50.1 Å². The fourth-order valence-corrected chi connectivity index (χ4v) is 4.14. The van der Waals surface area contributed by atoms with Crippen molar-refractivity contribution in [2.24, 2.45) is 0 Å². The summed E-state index contributed by atoms with van der Waals surface area (Å²) in [7, 11) is 0. The average Bonchev–Trinajstić information content (AvgIpc) is 3.01. The second-order valence-electron chi connectivity index (χ2n) is 6.39. The van der Waals surface area contributed by atoms with Gasteiger partial charge in [0.15, 0.2) is 17.3 Å². The number of rotatable bonds is 3. The molecule has 1 aliphatic heterocycles. The average molecular weight is 393 g/mol. The van der Waals surface area contributed by atoms with E-state index >= 15 is 0 Å². The number of thiophene rings is 1. The quantitative estimate of drug-likeness (QED) is 0.505. The molecule has 2 aromatic carbocycles. The predicted molar refractivity (Wildman–Crippen MR) is 108 cm³/mol. The molecule has 0 aliphatic carbocycles. The molecule has 0 atom stereocenters. The monoisotopic (exact) mass is 393 g/mol. The maximum absolute atomic E-state index is 13.2. The highest BCUT2D eigenvalue weighted by molar-refractivity contribution is 7.22. The lowest BCUT2D eigenvalue weighted by atomic mass is 10.2. The Kier molecular flexibility index (Phi) is 4.29. The lowest BCUT2D eigenvalue weighted by Gasteiger charge is -2.11. The van der Waals surface area contributed by atoms with Crippen LogP contribution in [0.1, 0.15) is 6.42 Å². The second-order valence-corrected chi connectivity index (χ2v) is 7.44. The van der Waals surface area contributed by atoms with Crippen molar-refractivity contribution in [1.82, 2.24) is 9.97 Å². The summed E-state index contributed by atoms with van der Waals surface area (Å²) in [4.78, 5) is 9.79. The van der Waals surface area contributed by atoms with E-state index in [1.165, 1.54) is 18.5 Å². The first kappa shape index (κ1) is 16.9. The predicted octanol–water partition coefficient (Wildman–Crippen LogP) is 5.40. The number of halogens is 1. The van der Waals surface area contributed by atoms with Crippen LogP contribution in [0.2, 0.25) is 0 Å². The van der Waals surface area contributed by atoms with Crippen LogP contribution < -0.4 is 14.8 Å². The van der Waals surface area contributed by atoms with Crippen LogP contribution in [-0.4, -0.2) is 23.2 Å². The van der Waals surface area contributed by atoms with E-state index in [4.69, 9.17) is 9.47 Å². The summed E-state index contributed by atoms with van der Waals surface area (Å²) in [6.07, 6.45) is 2.40. The molecular weight excluding hydrogens is 377 g/mol. The van der Waals surface area contributed by atoms with Crippen molar-refractivity contribution in [3.05, 3.63) is 60.7 Å². The van der Waals surface area contributed by atoms with Gasteiger partial charge in [0.05, 0.1) is 23.4 Å². The van der Waals surface area contributed by atoms with Gasteiger partial charge in [0.2, 0.25) is 0 Å². The zero-order valence-electron chi connectivity index (χ0n) is 14.8. The minimum absolute atomic E-state index is 0.249. The van der Waals surface area contributed by atoms with Gasteiger partial charge in [0, 0.05) is 23.1 Å². The smallest absolute Gasteiger partial charge is 0.163 e. The third-order valence-electron chi connectivity index (χ3n) is 4.45. The molecule has 4 aromatic rings. The molecule has 2 aromatic heterocycles. The van der Waals surface area contributed by atoms with Gasteiger partial charge in [-0.15, -0.1) is 11.3 Å². The van der Waals surface area contributed by atoms with Gasteiger partial charge in [-0.3, -0.25) is 0 Å². The number of fused-ring (bicyclic) bond motifs is 2. The van der Waals surface area contributed by atoms with Crippen molar-refractivity contribution in [2.45, 2.75) is 6.42 Å². The van der Waals surface area contributed by atoms with Crippen molar-refractivity contribution in [3.63, 3.8) is 0 Å². The van der Waals surface area contributed by atoms with E-state index in [2.05, 4.69) is 15.3 Å². The minimum atomic E-state index is -0.249. The van der Waals surface area contributed by atoms with Crippen LogP contribution >= 0.6 is 11.3 Å². The molecule has 0 saturated heterocycles. The van der Waals surface area contributed by atoms with Gasteiger partial charge < -0.3 is 14.8 Å². The van der Waals surface area contributed by atoms with Gasteiger partial charge in [0.25, 0.3) is 0 Å². The Balaban J connectivity index is 1.49. The molecule has 0 radical (unpaired) electrons. The van der Waals surface area contributed by atoms with Crippen LogP contribution in [-0.2, 0) is 0 Å². The van der Waals surface area contributed by atoms with Crippen molar-refractivity contribution >= 4 is 33.1 Å². The number of nitrogens with zero attached hydrogens (tertiary/aromatic N) is 2. The first-order valence-corrected chi connectivity index (χ1v) is 9.75. The van der Waals surface area contributed by atoms with E-state index in [-0.39, 0.29) is 5.82 Å². The van der Waals surface area contributed by atoms with Gasteiger partial charge in [-0.25, -0.2) is 14.4 Å². The molecule has 0 amide bonds. The number of hydrogen-bond acceptors (Lipinski definition) is 6. The Labute approximate surface area is 164 Å². The minimum Gasteiger partial charge on any atom is -0.490 e. The lowest BCUT2D eigenvalue weighted by Crippen LogP contribution is -1.97. The van der Waals surface area contributed by atoms with Gasteiger partial charge in [0.1, 0.15) is 12.1 Å². The number of nitrogens with one attached hydrogen (secondary N) is 1. The van der Waals surface area contributed by atoms with Crippen LogP contribution in [0.15, 0.2) is 54.9 Å². The van der Waals surface area contributed by atoms with Crippen molar-refractivity contribution in [2.75, 3.05) is 18.5 Å². The van der Waals surface area contributed by atoms with Gasteiger partial charge in [-0.05, 0) is 35.9 Å². The number of aromatic nitrogens is 2. The van der Waals surface area contributed by atoms with Crippen LogP contribution in [0.25, 0.3) is 20.7 Å². The maximum Gasteiger partial charge on any atom is 0.163 e. The Morgan fingerprint density at radius 2 is 1.75 bits per heavy atom. The zero-order valence-corrected chi connectivity index (χ0v) is 15.6. The highest BCUT2D eigenvalue weighted by Gasteiger charge is 2.14. The largest absolute Gasteiger partial charge is 0.490 e. The summed E-state index contributed by atoms with van der Waals surface area (Å²) in [6.45, 7) is 1.30. The van der Waals surface area contributed by atoms with E-state index in [1.54, 1.807) is 23.5 Å². The first-order valence-electron chi connectivity index (χ1n) is 8.93. The second kappa shape index (κ2) is 7.09. The zero-order chi connectivity index (χ0) is 18.9. The molecule has 3 heterocycles. The SMILES string of the molecule is Fc1ccc(-c2cc3ncnc(Nc4ccc5c(c4)OCCCO5)c3s2)cc1. The van der Waals surface area contributed by atoms with E-state index < -0.39 is 0 Å². The van der Waals surface area contributed by atoms with Crippen molar-refractivity contribution in [3.8, 4) is 21.9 Å². The molecule has 0 fully saturated rings. The molecule has 140 valence electrons. The van der Waals surface area contributed by atoms with Crippen LogP contribution in [0, 0.1) is 5.82 Å². The summed E-state index contributed by atoms with van der Waals surface area (Å²) in [5.41, 5.74) is 2.66. The fraction of sp³-hybridized carbons (Fsp3) is 0.143.